The van der Waals surface area contributed by atoms with Crippen LogP contribution >= 0.6 is 0 Å². The average Bonchev–Trinajstić information content (AvgIpc) is 3.02. The van der Waals surface area contributed by atoms with Crippen LogP contribution in [0.1, 0.15) is 41.6 Å². The Balaban J connectivity index is 1.57. The molecule has 2 heterocycles. The molecule has 0 radical (unpaired) electrons. The summed E-state index contributed by atoms with van der Waals surface area (Å²) < 4.78 is 0. The molecule has 2 fully saturated rings. The molecule has 0 bridgehead atoms. The van der Waals surface area contributed by atoms with E-state index in [4.69, 9.17) is 0 Å². The lowest BCUT2D eigenvalue weighted by atomic mass is 10.0. The van der Waals surface area contributed by atoms with Gasteiger partial charge in [-0.2, -0.15) is 0 Å². The van der Waals surface area contributed by atoms with Crippen molar-refractivity contribution in [3.05, 3.63) is 35.4 Å². The SMILES string of the molecule is Cc1ccc(C(=O)N2CCC(N3CCCC3)CC2)cc1. The standard InChI is InChI=1S/C17H24N2O/c1-14-4-6-15(7-5-14)17(20)19-12-8-16(9-13-19)18-10-2-3-11-18/h4-7,16H,2-3,8-13H2,1H3. The lowest BCUT2D eigenvalue weighted by Crippen LogP contribution is -2.45. The Hall–Kier alpha value is -1.35. The van der Waals surface area contributed by atoms with E-state index in [9.17, 15) is 4.79 Å². The molecule has 108 valence electrons. The molecule has 20 heavy (non-hydrogen) atoms. The van der Waals surface area contributed by atoms with E-state index >= 15 is 0 Å². The summed E-state index contributed by atoms with van der Waals surface area (Å²) in [5, 5.41) is 0. The molecule has 2 aliphatic rings. The Morgan fingerprint density at radius 3 is 2.20 bits per heavy atom. The molecular formula is C17H24N2O. The van der Waals surface area contributed by atoms with Crippen LogP contribution in [0.15, 0.2) is 24.3 Å². The van der Waals surface area contributed by atoms with Crippen LogP contribution in [0.3, 0.4) is 0 Å². The number of nitrogens with zero attached hydrogens (tertiary/aromatic N) is 2. The third kappa shape index (κ3) is 2.88. The molecule has 0 N–H and O–H groups in total. The van der Waals surface area contributed by atoms with Gasteiger partial charge in [-0.1, -0.05) is 17.7 Å². The Labute approximate surface area is 121 Å². The van der Waals surface area contributed by atoms with E-state index in [1.807, 2.05) is 29.2 Å². The molecule has 3 nitrogen and oxygen atoms in total. The lowest BCUT2D eigenvalue weighted by molar-refractivity contribution is 0.0644. The minimum atomic E-state index is 0.199. The summed E-state index contributed by atoms with van der Waals surface area (Å²) in [5.41, 5.74) is 2.03. The molecule has 0 unspecified atom stereocenters. The van der Waals surface area contributed by atoms with Gasteiger partial charge in [0.05, 0.1) is 0 Å². The number of hydrogen-bond acceptors (Lipinski definition) is 2. The molecule has 1 aromatic rings. The third-order valence-corrected chi connectivity index (χ3v) is 4.71. The van der Waals surface area contributed by atoms with Crippen molar-refractivity contribution in [3.63, 3.8) is 0 Å². The first kappa shape index (κ1) is 13.6. The van der Waals surface area contributed by atoms with Crippen molar-refractivity contribution in [1.29, 1.82) is 0 Å². The van der Waals surface area contributed by atoms with E-state index in [0.717, 1.165) is 31.5 Å². The van der Waals surface area contributed by atoms with Gasteiger partial charge in [0.1, 0.15) is 0 Å². The number of aryl methyl sites for hydroxylation is 1. The summed E-state index contributed by atoms with van der Waals surface area (Å²) in [6.45, 7) is 6.39. The number of amides is 1. The molecule has 1 amide bonds. The Bertz CT molecular complexity index is 454. The van der Waals surface area contributed by atoms with Crippen LogP contribution in [-0.2, 0) is 0 Å². The molecule has 0 aliphatic carbocycles. The van der Waals surface area contributed by atoms with Gasteiger partial charge in [-0.15, -0.1) is 0 Å². The molecule has 1 aromatic carbocycles. The van der Waals surface area contributed by atoms with E-state index < -0.39 is 0 Å². The van der Waals surface area contributed by atoms with Gasteiger partial charge < -0.3 is 9.80 Å². The first-order valence-electron chi connectivity index (χ1n) is 7.84. The number of carbonyl (C=O) groups excluding carboxylic acids is 1. The fourth-order valence-corrected chi connectivity index (χ4v) is 3.42. The average molecular weight is 272 g/mol. The van der Waals surface area contributed by atoms with Crippen molar-refractivity contribution in [3.8, 4) is 0 Å². The van der Waals surface area contributed by atoms with Crippen molar-refractivity contribution in [2.24, 2.45) is 0 Å². The number of rotatable bonds is 2. The van der Waals surface area contributed by atoms with Crippen molar-refractivity contribution < 1.29 is 4.79 Å². The second kappa shape index (κ2) is 5.96. The maximum Gasteiger partial charge on any atom is 0.253 e. The van der Waals surface area contributed by atoms with Gasteiger partial charge in [-0.3, -0.25) is 4.79 Å². The van der Waals surface area contributed by atoms with E-state index in [1.165, 1.54) is 31.5 Å². The predicted molar refractivity (Wildman–Crippen MR) is 80.9 cm³/mol. The highest BCUT2D eigenvalue weighted by atomic mass is 16.2. The molecule has 0 saturated carbocycles. The lowest BCUT2D eigenvalue weighted by Gasteiger charge is -2.36. The van der Waals surface area contributed by atoms with E-state index in [2.05, 4.69) is 11.8 Å². The van der Waals surface area contributed by atoms with Gasteiger partial charge in [0.2, 0.25) is 0 Å². The van der Waals surface area contributed by atoms with Gasteiger partial charge >= 0.3 is 0 Å². The van der Waals surface area contributed by atoms with Gasteiger partial charge in [0.15, 0.2) is 0 Å². The second-order valence-electron chi connectivity index (χ2n) is 6.13. The molecule has 2 aliphatic heterocycles. The zero-order chi connectivity index (χ0) is 13.9. The minimum absolute atomic E-state index is 0.199. The first-order chi connectivity index (χ1) is 9.74. The van der Waals surface area contributed by atoms with Gasteiger partial charge in [0, 0.05) is 24.7 Å². The smallest absolute Gasteiger partial charge is 0.253 e. The number of carbonyl (C=O) groups is 1. The second-order valence-corrected chi connectivity index (χ2v) is 6.13. The summed E-state index contributed by atoms with van der Waals surface area (Å²) in [7, 11) is 0. The predicted octanol–water partition coefficient (Wildman–Crippen LogP) is 2.70. The maximum atomic E-state index is 12.5. The van der Waals surface area contributed by atoms with Crippen molar-refractivity contribution in [2.75, 3.05) is 26.2 Å². The fourth-order valence-electron chi connectivity index (χ4n) is 3.42. The summed E-state index contributed by atoms with van der Waals surface area (Å²) >= 11 is 0. The molecule has 3 heteroatoms. The fraction of sp³-hybridized carbons (Fsp3) is 0.588. The van der Waals surface area contributed by atoms with Crippen molar-refractivity contribution in [2.45, 2.75) is 38.6 Å². The van der Waals surface area contributed by atoms with Crippen LogP contribution < -0.4 is 0 Å². The van der Waals surface area contributed by atoms with Crippen LogP contribution in [-0.4, -0.2) is 47.9 Å². The van der Waals surface area contributed by atoms with Crippen LogP contribution in [0.2, 0.25) is 0 Å². The Morgan fingerprint density at radius 2 is 1.60 bits per heavy atom. The quantitative estimate of drug-likeness (QED) is 0.826. The topological polar surface area (TPSA) is 23.6 Å². The van der Waals surface area contributed by atoms with Crippen molar-refractivity contribution in [1.82, 2.24) is 9.80 Å². The maximum absolute atomic E-state index is 12.5. The van der Waals surface area contributed by atoms with Crippen molar-refractivity contribution >= 4 is 5.91 Å². The minimum Gasteiger partial charge on any atom is -0.339 e. The highest BCUT2D eigenvalue weighted by Crippen LogP contribution is 2.22. The van der Waals surface area contributed by atoms with Gasteiger partial charge in [0.25, 0.3) is 5.91 Å². The number of likely N-dealkylation sites (tertiary alicyclic amines) is 2. The summed E-state index contributed by atoms with van der Waals surface area (Å²) in [6, 6.07) is 8.64. The van der Waals surface area contributed by atoms with Crippen LogP contribution in [0.25, 0.3) is 0 Å². The van der Waals surface area contributed by atoms with Crippen LogP contribution in [0, 0.1) is 6.92 Å². The molecular weight excluding hydrogens is 248 g/mol. The summed E-state index contributed by atoms with van der Waals surface area (Å²) in [4.78, 5) is 17.1. The number of piperidine rings is 1. The van der Waals surface area contributed by atoms with Crippen LogP contribution in [0.5, 0.6) is 0 Å². The van der Waals surface area contributed by atoms with E-state index in [0.29, 0.717) is 6.04 Å². The zero-order valence-corrected chi connectivity index (χ0v) is 12.3. The summed E-state index contributed by atoms with van der Waals surface area (Å²) in [5.74, 6) is 0.199. The molecule has 2 saturated heterocycles. The molecule has 3 rings (SSSR count). The molecule has 0 aromatic heterocycles. The highest BCUT2D eigenvalue weighted by Gasteiger charge is 2.28. The normalized spacial score (nSPS) is 21.4. The highest BCUT2D eigenvalue weighted by molar-refractivity contribution is 5.94. The largest absolute Gasteiger partial charge is 0.339 e. The third-order valence-electron chi connectivity index (χ3n) is 4.71. The summed E-state index contributed by atoms with van der Waals surface area (Å²) in [6.07, 6.45) is 4.97. The number of benzene rings is 1. The van der Waals surface area contributed by atoms with Gasteiger partial charge in [-0.25, -0.2) is 0 Å². The Morgan fingerprint density at radius 1 is 1.00 bits per heavy atom. The van der Waals surface area contributed by atoms with Crippen LogP contribution in [0.4, 0.5) is 0 Å². The first-order valence-corrected chi connectivity index (χ1v) is 7.84. The monoisotopic (exact) mass is 272 g/mol. The zero-order valence-electron chi connectivity index (χ0n) is 12.3. The van der Waals surface area contributed by atoms with Gasteiger partial charge in [-0.05, 0) is 57.8 Å². The molecule has 0 spiro atoms. The van der Waals surface area contributed by atoms with E-state index in [1.54, 1.807) is 0 Å². The Kier molecular flexibility index (Phi) is 4.06. The molecule has 0 atom stereocenters. The van der Waals surface area contributed by atoms with E-state index in [-0.39, 0.29) is 5.91 Å². The number of hydrogen-bond donors (Lipinski definition) is 0.